The van der Waals surface area contributed by atoms with E-state index in [0.29, 0.717) is 12.6 Å². The topological polar surface area (TPSA) is 46.5 Å². The molecule has 1 saturated heterocycles. The van der Waals surface area contributed by atoms with Gasteiger partial charge in [0.1, 0.15) is 5.75 Å². The number of ether oxygens (including phenoxy) is 1. The van der Waals surface area contributed by atoms with Crippen molar-refractivity contribution in [3.05, 3.63) is 66.4 Å². The third-order valence-electron chi connectivity index (χ3n) is 5.71. The van der Waals surface area contributed by atoms with Gasteiger partial charge in [-0.1, -0.05) is 37.3 Å². The molecule has 0 spiro atoms. The highest BCUT2D eigenvalue weighted by molar-refractivity contribution is 5.81. The first kappa shape index (κ1) is 21.9. The van der Waals surface area contributed by atoms with Gasteiger partial charge in [0.05, 0.1) is 7.11 Å². The average molecular weight is 408 g/mol. The average Bonchev–Trinajstić information content (AvgIpc) is 3.22. The van der Waals surface area contributed by atoms with Crippen LogP contribution < -0.4 is 10.1 Å². The Morgan fingerprint density at radius 3 is 2.43 bits per heavy atom. The van der Waals surface area contributed by atoms with E-state index in [1.54, 1.807) is 14.0 Å². The smallest absolute Gasteiger partial charge is 0.217 e. The zero-order valence-corrected chi connectivity index (χ0v) is 18.3. The predicted molar refractivity (Wildman–Crippen MR) is 123 cm³/mol. The van der Waals surface area contributed by atoms with Crippen molar-refractivity contribution < 1.29 is 9.53 Å². The van der Waals surface area contributed by atoms with Crippen LogP contribution in [0.1, 0.15) is 38.3 Å². The standard InChI is InChI=1S/C18H25N3O.C7H8O/c1-3-20-9-7-17(8-10-20)21-11-6-16-5-4-15(12-18(16)21)13-19-14(2)22;1-8-7-5-3-2-4-6-7/h4-6,11-12,17H,3,7-10,13H2,1-2H3,(H,19,22);2-6H,1H3. The Labute approximate surface area is 179 Å². The van der Waals surface area contributed by atoms with Crippen LogP contribution in [0.3, 0.4) is 0 Å². The fraction of sp³-hybridized carbons (Fsp3) is 0.400. The van der Waals surface area contributed by atoms with E-state index in [2.05, 4.69) is 52.2 Å². The van der Waals surface area contributed by atoms with Crippen LogP contribution in [0.5, 0.6) is 5.75 Å². The van der Waals surface area contributed by atoms with Gasteiger partial charge in [0, 0.05) is 44.3 Å². The number of nitrogens with one attached hydrogen (secondary N) is 1. The second-order valence-electron chi connectivity index (χ2n) is 7.71. The number of fused-ring (bicyclic) bond motifs is 1. The molecule has 1 aromatic heterocycles. The van der Waals surface area contributed by atoms with Gasteiger partial charge >= 0.3 is 0 Å². The summed E-state index contributed by atoms with van der Waals surface area (Å²) >= 11 is 0. The maximum absolute atomic E-state index is 11.1. The molecule has 1 fully saturated rings. The molecular weight excluding hydrogens is 374 g/mol. The summed E-state index contributed by atoms with van der Waals surface area (Å²) in [7, 11) is 1.66. The minimum atomic E-state index is 0.0161. The van der Waals surface area contributed by atoms with E-state index in [4.69, 9.17) is 4.74 Å². The lowest BCUT2D eigenvalue weighted by molar-refractivity contribution is -0.119. The Balaban J connectivity index is 0.000000269. The lowest BCUT2D eigenvalue weighted by Crippen LogP contribution is -2.34. The van der Waals surface area contributed by atoms with Gasteiger partial charge in [-0.3, -0.25) is 4.79 Å². The number of nitrogens with zero attached hydrogens (tertiary/aromatic N) is 2. The summed E-state index contributed by atoms with van der Waals surface area (Å²) in [4.78, 5) is 13.6. The van der Waals surface area contributed by atoms with Crippen LogP contribution in [0.4, 0.5) is 0 Å². The number of aromatic nitrogens is 1. The van der Waals surface area contributed by atoms with Gasteiger partial charge in [0.25, 0.3) is 0 Å². The number of benzene rings is 2. The Morgan fingerprint density at radius 1 is 1.10 bits per heavy atom. The molecule has 30 heavy (non-hydrogen) atoms. The third-order valence-corrected chi connectivity index (χ3v) is 5.71. The number of rotatable bonds is 5. The highest BCUT2D eigenvalue weighted by Crippen LogP contribution is 2.28. The van der Waals surface area contributed by atoms with Crippen molar-refractivity contribution in [2.75, 3.05) is 26.7 Å². The fourth-order valence-electron chi connectivity index (χ4n) is 3.92. The Bertz CT molecular complexity index is 928. The molecule has 0 atom stereocenters. The molecule has 0 bridgehead atoms. The SMILES string of the molecule is CCN1CCC(n2ccc3ccc(CNC(C)=O)cc32)CC1.COc1ccccc1. The van der Waals surface area contributed by atoms with Crippen LogP contribution in [-0.4, -0.2) is 42.1 Å². The van der Waals surface area contributed by atoms with E-state index in [9.17, 15) is 4.79 Å². The zero-order valence-electron chi connectivity index (χ0n) is 18.3. The summed E-state index contributed by atoms with van der Waals surface area (Å²) in [5.74, 6) is 0.926. The number of carbonyl (C=O) groups is 1. The minimum Gasteiger partial charge on any atom is -0.497 e. The molecule has 2 aromatic carbocycles. The zero-order chi connectivity index (χ0) is 21.3. The molecule has 160 valence electrons. The van der Waals surface area contributed by atoms with E-state index in [1.807, 2.05) is 30.3 Å². The van der Waals surface area contributed by atoms with E-state index < -0.39 is 0 Å². The molecule has 1 amide bonds. The molecule has 3 aromatic rings. The van der Waals surface area contributed by atoms with Crippen molar-refractivity contribution in [3.63, 3.8) is 0 Å². The summed E-state index contributed by atoms with van der Waals surface area (Å²) < 4.78 is 7.34. The van der Waals surface area contributed by atoms with Crippen LogP contribution in [0.2, 0.25) is 0 Å². The summed E-state index contributed by atoms with van der Waals surface area (Å²) in [6.45, 7) is 7.92. The van der Waals surface area contributed by atoms with Crippen molar-refractivity contribution in [1.29, 1.82) is 0 Å². The van der Waals surface area contributed by atoms with Gasteiger partial charge in [-0.05, 0) is 54.6 Å². The number of piperidine rings is 1. The van der Waals surface area contributed by atoms with Crippen molar-refractivity contribution in [1.82, 2.24) is 14.8 Å². The second-order valence-corrected chi connectivity index (χ2v) is 7.71. The molecule has 1 N–H and O–H groups in total. The molecule has 1 aliphatic heterocycles. The van der Waals surface area contributed by atoms with Crippen LogP contribution >= 0.6 is 0 Å². The van der Waals surface area contributed by atoms with Crippen molar-refractivity contribution >= 4 is 16.8 Å². The van der Waals surface area contributed by atoms with Crippen LogP contribution in [0.25, 0.3) is 10.9 Å². The van der Waals surface area contributed by atoms with Crippen LogP contribution in [0.15, 0.2) is 60.8 Å². The van der Waals surface area contributed by atoms with Gasteiger partial charge in [0.15, 0.2) is 0 Å². The van der Waals surface area contributed by atoms with Gasteiger partial charge in [-0.2, -0.15) is 0 Å². The van der Waals surface area contributed by atoms with Gasteiger partial charge < -0.3 is 19.5 Å². The number of hydrogen-bond donors (Lipinski definition) is 1. The summed E-state index contributed by atoms with van der Waals surface area (Å²) in [6, 6.07) is 18.9. The van der Waals surface area contributed by atoms with Crippen molar-refractivity contribution in [2.45, 2.75) is 39.3 Å². The first-order chi connectivity index (χ1) is 14.6. The fourth-order valence-corrected chi connectivity index (χ4v) is 3.92. The molecule has 0 saturated carbocycles. The van der Waals surface area contributed by atoms with Crippen molar-refractivity contribution in [2.24, 2.45) is 0 Å². The summed E-state index contributed by atoms with van der Waals surface area (Å²) in [5.41, 5.74) is 2.45. The molecule has 5 nitrogen and oxygen atoms in total. The number of likely N-dealkylation sites (tertiary alicyclic amines) is 1. The van der Waals surface area contributed by atoms with E-state index >= 15 is 0 Å². The molecule has 0 unspecified atom stereocenters. The molecule has 2 heterocycles. The summed E-state index contributed by atoms with van der Waals surface area (Å²) in [5, 5.41) is 4.16. The highest BCUT2D eigenvalue weighted by atomic mass is 16.5. The van der Waals surface area contributed by atoms with Gasteiger partial charge in [-0.25, -0.2) is 0 Å². The molecule has 0 aliphatic carbocycles. The Hall–Kier alpha value is -2.79. The molecule has 5 heteroatoms. The third kappa shape index (κ3) is 5.86. The maximum Gasteiger partial charge on any atom is 0.217 e. The number of para-hydroxylation sites is 1. The van der Waals surface area contributed by atoms with Crippen LogP contribution in [0, 0.1) is 0 Å². The van der Waals surface area contributed by atoms with Gasteiger partial charge in [-0.15, -0.1) is 0 Å². The van der Waals surface area contributed by atoms with E-state index in [0.717, 1.165) is 17.9 Å². The second kappa shape index (κ2) is 10.8. The van der Waals surface area contributed by atoms with Gasteiger partial charge in [0.2, 0.25) is 5.91 Å². The predicted octanol–water partition coefficient (Wildman–Crippen LogP) is 4.63. The quantitative estimate of drug-likeness (QED) is 0.671. The van der Waals surface area contributed by atoms with E-state index in [1.165, 1.54) is 36.8 Å². The Kier molecular flexibility index (Phi) is 7.91. The first-order valence-corrected chi connectivity index (χ1v) is 10.8. The highest BCUT2D eigenvalue weighted by Gasteiger charge is 2.20. The number of amides is 1. The monoisotopic (exact) mass is 407 g/mol. The first-order valence-electron chi connectivity index (χ1n) is 10.8. The Morgan fingerprint density at radius 2 is 1.83 bits per heavy atom. The molecule has 4 rings (SSSR count). The lowest BCUT2D eigenvalue weighted by Gasteiger charge is -2.32. The minimum absolute atomic E-state index is 0.0161. The molecule has 1 aliphatic rings. The largest absolute Gasteiger partial charge is 0.497 e. The van der Waals surface area contributed by atoms with E-state index in [-0.39, 0.29) is 5.91 Å². The summed E-state index contributed by atoms with van der Waals surface area (Å²) in [6.07, 6.45) is 4.65. The lowest BCUT2D eigenvalue weighted by atomic mass is 10.0. The molecular formula is C25H33N3O2. The number of hydrogen-bond acceptors (Lipinski definition) is 3. The van der Waals surface area contributed by atoms with Crippen molar-refractivity contribution in [3.8, 4) is 5.75 Å². The maximum atomic E-state index is 11.1. The van der Waals surface area contributed by atoms with Crippen LogP contribution in [-0.2, 0) is 11.3 Å². The normalized spacial score (nSPS) is 14.8. The molecule has 0 radical (unpaired) electrons. The number of carbonyl (C=O) groups excluding carboxylic acids is 1. The number of methoxy groups -OCH3 is 1.